The van der Waals surface area contributed by atoms with Gasteiger partial charge in [-0.1, -0.05) is 30.3 Å². The van der Waals surface area contributed by atoms with Crippen molar-refractivity contribution in [3.05, 3.63) is 64.7 Å². The first-order valence-corrected chi connectivity index (χ1v) is 7.73. The van der Waals surface area contributed by atoms with E-state index in [1.165, 1.54) is 22.3 Å². The molecule has 114 valence electrons. The molecular weight excluding hydrogens is 276 g/mol. The second-order valence-corrected chi connectivity index (χ2v) is 5.47. The lowest BCUT2D eigenvalue weighted by atomic mass is 10.0. The van der Waals surface area contributed by atoms with Crippen LogP contribution in [0.3, 0.4) is 0 Å². The summed E-state index contributed by atoms with van der Waals surface area (Å²) in [5.41, 5.74) is 5.45. The van der Waals surface area contributed by atoms with Gasteiger partial charge in [0, 0.05) is 0 Å². The maximum absolute atomic E-state index is 11.4. The Bertz CT molecular complexity index is 676. The molecule has 2 aromatic carbocycles. The van der Waals surface area contributed by atoms with Crippen molar-refractivity contribution >= 4 is 5.97 Å². The third-order valence-corrected chi connectivity index (χ3v) is 4.00. The maximum atomic E-state index is 11.4. The van der Waals surface area contributed by atoms with Crippen molar-refractivity contribution in [2.24, 2.45) is 0 Å². The molecule has 0 radical (unpaired) electrons. The first kappa shape index (κ1) is 14.6. The molecular formula is C19H20O3. The molecule has 22 heavy (non-hydrogen) atoms. The zero-order valence-electron chi connectivity index (χ0n) is 12.8. The average Bonchev–Trinajstić information content (AvgIpc) is 2.71. The molecule has 0 aromatic heterocycles. The third kappa shape index (κ3) is 3.30. The van der Waals surface area contributed by atoms with E-state index < -0.39 is 0 Å². The highest BCUT2D eigenvalue weighted by atomic mass is 16.6. The zero-order chi connectivity index (χ0) is 15.4. The summed E-state index contributed by atoms with van der Waals surface area (Å²) >= 11 is 0. The number of carbonyl (C=O) groups excluding carboxylic acids is 1. The van der Waals surface area contributed by atoms with Crippen molar-refractivity contribution in [1.29, 1.82) is 0 Å². The van der Waals surface area contributed by atoms with Gasteiger partial charge in [-0.15, -0.1) is 0 Å². The van der Waals surface area contributed by atoms with Gasteiger partial charge in [0.1, 0.15) is 5.75 Å². The van der Waals surface area contributed by atoms with Crippen LogP contribution in [0.5, 0.6) is 5.75 Å². The minimum Gasteiger partial charge on any atom is -0.482 e. The monoisotopic (exact) mass is 296 g/mol. The maximum Gasteiger partial charge on any atom is 0.344 e. The van der Waals surface area contributed by atoms with Gasteiger partial charge in [-0.25, -0.2) is 4.79 Å². The summed E-state index contributed by atoms with van der Waals surface area (Å²) < 4.78 is 10.4. The number of esters is 1. The van der Waals surface area contributed by atoms with Crippen LogP contribution in [0.4, 0.5) is 0 Å². The van der Waals surface area contributed by atoms with Crippen LogP contribution in [0.2, 0.25) is 0 Å². The van der Waals surface area contributed by atoms with E-state index in [1.54, 1.807) is 6.92 Å². The molecule has 0 saturated heterocycles. The van der Waals surface area contributed by atoms with E-state index in [-0.39, 0.29) is 12.6 Å². The van der Waals surface area contributed by atoms with Crippen molar-refractivity contribution < 1.29 is 14.3 Å². The first-order chi connectivity index (χ1) is 10.8. The molecule has 1 aliphatic rings. The number of benzene rings is 2. The Kier molecular flexibility index (Phi) is 4.42. The predicted molar refractivity (Wildman–Crippen MR) is 85.2 cm³/mol. The molecule has 0 fully saturated rings. The highest BCUT2D eigenvalue weighted by Crippen LogP contribution is 2.27. The standard InChI is InChI=1S/C19H20O3/c1-2-21-19(20)13-22-18-10-9-15-8-7-14-5-3-4-6-16(14)11-17(15)12-18/h3-6,9-10,12H,2,7-8,11,13H2,1H3. The van der Waals surface area contributed by atoms with Crippen LogP contribution in [0.1, 0.15) is 29.2 Å². The molecule has 0 saturated carbocycles. The quantitative estimate of drug-likeness (QED) is 0.812. The Labute approximate surface area is 130 Å². The lowest BCUT2D eigenvalue weighted by Crippen LogP contribution is -2.14. The van der Waals surface area contributed by atoms with E-state index in [0.717, 1.165) is 25.0 Å². The van der Waals surface area contributed by atoms with Crippen LogP contribution in [0.15, 0.2) is 42.5 Å². The minimum absolute atomic E-state index is 0.0385. The van der Waals surface area contributed by atoms with Crippen LogP contribution in [-0.4, -0.2) is 19.2 Å². The molecule has 0 amide bonds. The van der Waals surface area contributed by atoms with Crippen molar-refractivity contribution in [3.8, 4) is 5.75 Å². The molecule has 0 unspecified atom stereocenters. The van der Waals surface area contributed by atoms with Gasteiger partial charge in [-0.3, -0.25) is 0 Å². The fourth-order valence-corrected chi connectivity index (χ4v) is 2.89. The molecule has 2 aromatic rings. The Morgan fingerprint density at radius 2 is 1.73 bits per heavy atom. The van der Waals surface area contributed by atoms with Gasteiger partial charge in [0.15, 0.2) is 6.61 Å². The second kappa shape index (κ2) is 6.65. The SMILES string of the molecule is CCOC(=O)COc1ccc2c(c1)Cc1ccccc1CC2. The number of carbonyl (C=O) groups is 1. The van der Waals surface area contributed by atoms with Crippen molar-refractivity contribution in [3.63, 3.8) is 0 Å². The zero-order valence-corrected chi connectivity index (χ0v) is 12.8. The number of aryl methyl sites for hydroxylation is 2. The second-order valence-electron chi connectivity index (χ2n) is 5.47. The Balaban J connectivity index is 1.76. The van der Waals surface area contributed by atoms with Crippen LogP contribution >= 0.6 is 0 Å². The highest BCUT2D eigenvalue weighted by molar-refractivity contribution is 5.71. The van der Waals surface area contributed by atoms with E-state index >= 15 is 0 Å². The van der Waals surface area contributed by atoms with Gasteiger partial charge in [-0.05, 0) is 60.6 Å². The van der Waals surface area contributed by atoms with Gasteiger partial charge in [-0.2, -0.15) is 0 Å². The summed E-state index contributed by atoms with van der Waals surface area (Å²) in [5, 5.41) is 0. The molecule has 3 rings (SSSR count). The van der Waals surface area contributed by atoms with Gasteiger partial charge in [0.25, 0.3) is 0 Å². The van der Waals surface area contributed by atoms with Crippen LogP contribution < -0.4 is 4.74 Å². The number of ether oxygens (including phenoxy) is 2. The van der Waals surface area contributed by atoms with Crippen molar-refractivity contribution in [2.45, 2.75) is 26.2 Å². The molecule has 1 aliphatic carbocycles. The summed E-state index contributed by atoms with van der Waals surface area (Å²) in [6.07, 6.45) is 3.04. The largest absolute Gasteiger partial charge is 0.482 e. The van der Waals surface area contributed by atoms with Crippen molar-refractivity contribution in [1.82, 2.24) is 0 Å². The van der Waals surface area contributed by atoms with Gasteiger partial charge >= 0.3 is 5.97 Å². The number of fused-ring (bicyclic) bond motifs is 2. The normalized spacial score (nSPS) is 12.8. The Morgan fingerprint density at radius 1 is 1.00 bits per heavy atom. The Morgan fingerprint density at radius 3 is 2.50 bits per heavy atom. The van der Waals surface area contributed by atoms with E-state index in [1.807, 2.05) is 6.07 Å². The fourth-order valence-electron chi connectivity index (χ4n) is 2.89. The molecule has 0 atom stereocenters. The Hall–Kier alpha value is -2.29. The first-order valence-electron chi connectivity index (χ1n) is 7.73. The van der Waals surface area contributed by atoms with E-state index in [9.17, 15) is 4.79 Å². The van der Waals surface area contributed by atoms with E-state index in [2.05, 4.69) is 36.4 Å². The van der Waals surface area contributed by atoms with Crippen LogP contribution in [0.25, 0.3) is 0 Å². The van der Waals surface area contributed by atoms with Gasteiger partial charge in [0.05, 0.1) is 6.61 Å². The van der Waals surface area contributed by atoms with Crippen LogP contribution in [-0.2, 0) is 28.8 Å². The summed E-state index contributed by atoms with van der Waals surface area (Å²) in [5.74, 6) is 0.397. The molecule has 0 aliphatic heterocycles. The van der Waals surface area contributed by atoms with Gasteiger partial charge < -0.3 is 9.47 Å². The number of hydrogen-bond donors (Lipinski definition) is 0. The van der Waals surface area contributed by atoms with Crippen LogP contribution in [0, 0.1) is 0 Å². The third-order valence-electron chi connectivity index (χ3n) is 4.00. The molecule has 0 heterocycles. The summed E-state index contributed by atoms with van der Waals surface area (Å²) in [4.78, 5) is 11.4. The average molecular weight is 296 g/mol. The summed E-state index contributed by atoms with van der Waals surface area (Å²) in [7, 11) is 0. The molecule has 0 bridgehead atoms. The molecule has 0 N–H and O–H groups in total. The number of hydrogen-bond acceptors (Lipinski definition) is 3. The number of rotatable bonds is 4. The summed E-state index contributed by atoms with van der Waals surface area (Å²) in [6.45, 7) is 2.13. The summed E-state index contributed by atoms with van der Waals surface area (Å²) in [6, 6.07) is 14.7. The van der Waals surface area contributed by atoms with E-state index in [4.69, 9.17) is 9.47 Å². The fraction of sp³-hybridized carbons (Fsp3) is 0.316. The molecule has 0 spiro atoms. The smallest absolute Gasteiger partial charge is 0.344 e. The topological polar surface area (TPSA) is 35.5 Å². The molecule has 3 nitrogen and oxygen atoms in total. The minimum atomic E-state index is -0.331. The van der Waals surface area contributed by atoms with Crippen molar-refractivity contribution in [2.75, 3.05) is 13.2 Å². The lowest BCUT2D eigenvalue weighted by molar-refractivity contribution is -0.145. The predicted octanol–water partition coefficient (Wildman–Crippen LogP) is 3.32. The van der Waals surface area contributed by atoms with E-state index in [0.29, 0.717) is 6.61 Å². The molecule has 3 heteroatoms. The van der Waals surface area contributed by atoms with Gasteiger partial charge in [0.2, 0.25) is 0 Å². The lowest BCUT2D eigenvalue weighted by Gasteiger charge is -2.10. The highest BCUT2D eigenvalue weighted by Gasteiger charge is 2.14.